The van der Waals surface area contributed by atoms with E-state index in [-0.39, 0.29) is 35.6 Å². The number of nitrogens with one attached hydrogen (secondary N) is 1. The van der Waals surface area contributed by atoms with Crippen LogP contribution < -0.4 is 5.32 Å². The molecule has 7 nitrogen and oxygen atoms in total. The SMILES string of the molecule is N#CCC1CCCC(c2ccncc2NC(=O)c2ccc(C#N)c(-c3c(F)cccc3F)n2)O1. The van der Waals surface area contributed by atoms with Crippen molar-refractivity contribution >= 4 is 11.6 Å². The Balaban J connectivity index is 1.64. The summed E-state index contributed by atoms with van der Waals surface area (Å²) in [5.74, 6) is -2.42. The predicted octanol–water partition coefficient (Wildman–Crippen LogP) is 5.07. The van der Waals surface area contributed by atoms with Gasteiger partial charge < -0.3 is 10.1 Å². The minimum atomic E-state index is -0.891. The molecule has 170 valence electrons. The number of aromatic nitrogens is 2. The van der Waals surface area contributed by atoms with Crippen molar-refractivity contribution in [3.8, 4) is 23.4 Å². The van der Waals surface area contributed by atoms with Crippen LogP contribution in [0.2, 0.25) is 0 Å². The average molecular weight is 459 g/mol. The van der Waals surface area contributed by atoms with Gasteiger partial charge in [0, 0.05) is 11.8 Å². The van der Waals surface area contributed by atoms with Crippen LogP contribution in [0.4, 0.5) is 14.5 Å². The summed E-state index contributed by atoms with van der Waals surface area (Å²) in [4.78, 5) is 21.2. The standard InChI is InChI=1S/C25H19F2N5O2/c26-18-4-2-5-19(27)23(18)24-15(13-29)7-8-20(31-24)25(33)32-21-14-30-12-10-17(21)22-6-1-3-16(34-22)9-11-28/h2,4-5,7-8,10,12,14,16,22H,1,3,6,9H2,(H,32,33). The van der Waals surface area contributed by atoms with Gasteiger partial charge in [-0.25, -0.2) is 13.8 Å². The summed E-state index contributed by atoms with van der Waals surface area (Å²) in [6.45, 7) is 0. The second-order valence-electron chi connectivity index (χ2n) is 7.76. The third kappa shape index (κ3) is 4.75. The molecule has 1 aliphatic heterocycles. The molecule has 4 rings (SSSR count). The number of hydrogen-bond donors (Lipinski definition) is 1. The summed E-state index contributed by atoms with van der Waals surface area (Å²) in [6, 6.07) is 11.6. The summed E-state index contributed by atoms with van der Waals surface area (Å²) in [6.07, 6.45) is 5.24. The summed E-state index contributed by atoms with van der Waals surface area (Å²) in [5.41, 5.74) is 0.182. The fraction of sp³-hybridized carbons (Fsp3) is 0.240. The first-order valence-corrected chi connectivity index (χ1v) is 10.6. The predicted molar refractivity (Wildman–Crippen MR) is 118 cm³/mol. The van der Waals surface area contributed by atoms with Gasteiger partial charge in [0.1, 0.15) is 23.4 Å². The third-order valence-electron chi connectivity index (χ3n) is 5.57. The summed E-state index contributed by atoms with van der Waals surface area (Å²) in [7, 11) is 0. The number of nitrogens with zero attached hydrogens (tertiary/aromatic N) is 4. The Bertz CT molecular complexity index is 1300. The normalized spacial score (nSPS) is 17.4. The number of ether oxygens (including phenoxy) is 1. The van der Waals surface area contributed by atoms with Gasteiger partial charge in [-0.05, 0) is 49.6 Å². The molecule has 2 atom stereocenters. The van der Waals surface area contributed by atoms with E-state index in [1.54, 1.807) is 12.3 Å². The van der Waals surface area contributed by atoms with Gasteiger partial charge >= 0.3 is 0 Å². The van der Waals surface area contributed by atoms with Crippen LogP contribution in [0.5, 0.6) is 0 Å². The molecule has 3 aromatic rings. The first-order valence-electron chi connectivity index (χ1n) is 10.6. The molecule has 3 heterocycles. The van der Waals surface area contributed by atoms with Gasteiger partial charge in [0.25, 0.3) is 5.91 Å². The van der Waals surface area contributed by atoms with E-state index in [9.17, 15) is 18.8 Å². The number of carbonyl (C=O) groups is 1. The van der Waals surface area contributed by atoms with Crippen molar-refractivity contribution in [3.05, 3.63) is 77.2 Å². The lowest BCUT2D eigenvalue weighted by Gasteiger charge is -2.30. The molecule has 1 amide bonds. The van der Waals surface area contributed by atoms with Crippen LogP contribution in [0.3, 0.4) is 0 Å². The maximum absolute atomic E-state index is 14.3. The minimum absolute atomic E-state index is 0.0678. The molecule has 9 heteroatoms. The molecule has 1 saturated heterocycles. The lowest BCUT2D eigenvalue weighted by molar-refractivity contribution is -0.0482. The van der Waals surface area contributed by atoms with Gasteiger partial charge in [-0.3, -0.25) is 9.78 Å². The van der Waals surface area contributed by atoms with Gasteiger partial charge in [0.05, 0.1) is 53.4 Å². The number of nitriles is 2. The largest absolute Gasteiger partial charge is 0.369 e. The minimum Gasteiger partial charge on any atom is -0.369 e. The Hall–Kier alpha value is -4.21. The number of carbonyl (C=O) groups excluding carboxylic acids is 1. The Kier molecular flexibility index (Phi) is 6.86. The van der Waals surface area contributed by atoms with Crippen LogP contribution in [-0.4, -0.2) is 22.0 Å². The van der Waals surface area contributed by atoms with Gasteiger partial charge in [-0.15, -0.1) is 0 Å². The highest BCUT2D eigenvalue weighted by atomic mass is 19.1. The summed E-state index contributed by atoms with van der Waals surface area (Å²) >= 11 is 0. The fourth-order valence-electron chi connectivity index (χ4n) is 3.95. The van der Waals surface area contributed by atoms with E-state index < -0.39 is 23.1 Å². The lowest BCUT2D eigenvalue weighted by Crippen LogP contribution is -2.23. The van der Waals surface area contributed by atoms with Crippen molar-refractivity contribution in [2.45, 2.75) is 37.9 Å². The fourth-order valence-corrected chi connectivity index (χ4v) is 3.95. The number of rotatable bonds is 5. The van der Waals surface area contributed by atoms with Crippen molar-refractivity contribution in [1.82, 2.24) is 9.97 Å². The highest BCUT2D eigenvalue weighted by molar-refractivity contribution is 6.03. The number of hydrogen-bond acceptors (Lipinski definition) is 6. The molecule has 1 N–H and O–H groups in total. The van der Waals surface area contributed by atoms with Crippen molar-refractivity contribution in [2.24, 2.45) is 0 Å². The van der Waals surface area contributed by atoms with E-state index in [1.807, 2.05) is 6.07 Å². The Labute approximate surface area is 194 Å². The molecule has 34 heavy (non-hydrogen) atoms. The van der Waals surface area contributed by atoms with Gasteiger partial charge in [-0.1, -0.05) is 6.07 Å². The molecular weight excluding hydrogens is 440 g/mol. The van der Waals surface area contributed by atoms with Crippen molar-refractivity contribution in [2.75, 3.05) is 5.32 Å². The Morgan fingerprint density at radius 2 is 1.94 bits per heavy atom. The topological polar surface area (TPSA) is 112 Å². The Morgan fingerprint density at radius 1 is 1.15 bits per heavy atom. The number of benzene rings is 1. The molecule has 0 saturated carbocycles. The second-order valence-corrected chi connectivity index (χ2v) is 7.76. The number of halogens is 2. The molecule has 0 radical (unpaired) electrons. The highest BCUT2D eigenvalue weighted by Crippen LogP contribution is 2.35. The molecular formula is C25H19F2N5O2. The first-order chi connectivity index (χ1) is 16.5. The zero-order valence-corrected chi connectivity index (χ0v) is 18.0. The van der Waals surface area contributed by atoms with Crippen molar-refractivity contribution in [1.29, 1.82) is 10.5 Å². The lowest BCUT2D eigenvalue weighted by atomic mass is 9.97. The molecule has 1 aliphatic rings. The zero-order valence-electron chi connectivity index (χ0n) is 18.0. The molecule has 2 aromatic heterocycles. The van der Waals surface area contributed by atoms with Crippen LogP contribution in [0, 0.1) is 34.3 Å². The summed E-state index contributed by atoms with van der Waals surface area (Å²) < 4.78 is 34.7. The van der Waals surface area contributed by atoms with E-state index in [2.05, 4.69) is 21.4 Å². The molecule has 0 spiro atoms. The molecule has 1 fully saturated rings. The quantitative estimate of drug-likeness (QED) is 0.570. The van der Waals surface area contributed by atoms with Crippen LogP contribution in [0.25, 0.3) is 11.3 Å². The number of amides is 1. The molecule has 2 unspecified atom stereocenters. The summed E-state index contributed by atoms with van der Waals surface area (Å²) in [5, 5.41) is 21.1. The highest BCUT2D eigenvalue weighted by Gasteiger charge is 2.26. The van der Waals surface area contributed by atoms with Crippen LogP contribution in [0.1, 0.15) is 53.4 Å². The number of pyridine rings is 2. The maximum atomic E-state index is 14.3. The van der Waals surface area contributed by atoms with E-state index >= 15 is 0 Å². The van der Waals surface area contributed by atoms with E-state index in [0.717, 1.165) is 31.4 Å². The molecule has 1 aromatic carbocycles. The molecule has 0 aliphatic carbocycles. The van der Waals surface area contributed by atoms with Gasteiger partial charge in [0.2, 0.25) is 0 Å². The first kappa shape index (κ1) is 23.0. The Morgan fingerprint density at radius 3 is 2.68 bits per heavy atom. The third-order valence-corrected chi connectivity index (χ3v) is 5.57. The van der Waals surface area contributed by atoms with Gasteiger partial charge in [0.15, 0.2) is 0 Å². The zero-order chi connectivity index (χ0) is 24.1. The van der Waals surface area contributed by atoms with Crippen molar-refractivity contribution in [3.63, 3.8) is 0 Å². The van der Waals surface area contributed by atoms with E-state index in [0.29, 0.717) is 11.3 Å². The van der Waals surface area contributed by atoms with Crippen molar-refractivity contribution < 1.29 is 18.3 Å². The van der Waals surface area contributed by atoms with Crippen LogP contribution in [-0.2, 0) is 4.74 Å². The second kappa shape index (κ2) is 10.2. The smallest absolute Gasteiger partial charge is 0.274 e. The average Bonchev–Trinajstić information content (AvgIpc) is 2.84. The van der Waals surface area contributed by atoms with E-state index in [4.69, 9.17) is 10.00 Å². The monoisotopic (exact) mass is 459 g/mol. The molecule has 0 bridgehead atoms. The van der Waals surface area contributed by atoms with Gasteiger partial charge in [-0.2, -0.15) is 10.5 Å². The van der Waals surface area contributed by atoms with E-state index in [1.165, 1.54) is 24.4 Å². The van der Waals surface area contributed by atoms with Crippen LogP contribution >= 0.6 is 0 Å². The number of anilines is 1. The maximum Gasteiger partial charge on any atom is 0.274 e. The van der Waals surface area contributed by atoms with Crippen LogP contribution in [0.15, 0.2) is 48.8 Å².